The minimum atomic E-state index is 0.619. The molecule has 1 aromatic rings. The molecule has 1 N–H and O–H groups in total. The van der Waals surface area contributed by atoms with Crippen LogP contribution < -0.4 is 5.32 Å². The van der Waals surface area contributed by atoms with Crippen LogP contribution in [0.3, 0.4) is 0 Å². The summed E-state index contributed by atoms with van der Waals surface area (Å²) in [4.78, 5) is 4.18. The molecule has 0 unspecified atom stereocenters. The van der Waals surface area contributed by atoms with E-state index in [-0.39, 0.29) is 0 Å². The molecule has 1 heterocycles. The number of nitrogens with zero attached hydrogens (tertiary/aromatic N) is 1. The Bertz CT molecular complexity index is 224. The van der Waals surface area contributed by atoms with Gasteiger partial charge in [0.25, 0.3) is 0 Å². The van der Waals surface area contributed by atoms with Gasteiger partial charge in [-0.15, -0.1) is 11.3 Å². The predicted molar refractivity (Wildman–Crippen MR) is 59.5 cm³/mol. The minimum Gasteiger partial charge on any atom is -0.380 e. The van der Waals surface area contributed by atoms with Crippen LogP contribution in [0.5, 0.6) is 0 Å². The van der Waals surface area contributed by atoms with Crippen molar-refractivity contribution in [3.05, 3.63) is 16.6 Å². The zero-order valence-corrected chi connectivity index (χ0v) is 9.64. The van der Waals surface area contributed by atoms with Gasteiger partial charge < -0.3 is 10.1 Å². The van der Waals surface area contributed by atoms with E-state index in [2.05, 4.69) is 24.1 Å². The summed E-state index contributed by atoms with van der Waals surface area (Å²) in [5.41, 5.74) is 0. The van der Waals surface area contributed by atoms with Crippen LogP contribution in [0.4, 0.5) is 0 Å². The second-order valence-electron chi connectivity index (χ2n) is 3.57. The van der Waals surface area contributed by atoms with Crippen LogP contribution in [0, 0.1) is 5.92 Å². The van der Waals surface area contributed by atoms with Gasteiger partial charge in [0.15, 0.2) is 0 Å². The highest BCUT2D eigenvalue weighted by Gasteiger charge is 1.95. The normalized spacial score (nSPS) is 11.1. The van der Waals surface area contributed by atoms with Gasteiger partial charge in [-0.1, -0.05) is 13.8 Å². The van der Waals surface area contributed by atoms with Gasteiger partial charge in [-0.25, -0.2) is 4.98 Å². The van der Waals surface area contributed by atoms with E-state index in [1.165, 1.54) is 0 Å². The molecule has 4 heteroatoms. The fourth-order valence-corrected chi connectivity index (χ4v) is 1.58. The Hall–Kier alpha value is -0.450. The lowest BCUT2D eigenvalue weighted by atomic mass is 10.2. The fourth-order valence-electron chi connectivity index (χ4n) is 0.999. The van der Waals surface area contributed by atoms with Crippen LogP contribution in [0.25, 0.3) is 0 Å². The molecular formula is C10H18N2OS. The van der Waals surface area contributed by atoms with Crippen LogP contribution in [-0.4, -0.2) is 24.7 Å². The molecule has 1 aromatic heterocycles. The SMILES string of the molecule is CC(C)COCCNCc1nccs1. The van der Waals surface area contributed by atoms with Crippen LogP contribution in [-0.2, 0) is 11.3 Å². The lowest BCUT2D eigenvalue weighted by Crippen LogP contribution is -2.20. The highest BCUT2D eigenvalue weighted by molar-refractivity contribution is 7.09. The summed E-state index contributed by atoms with van der Waals surface area (Å²) in [5, 5.41) is 6.41. The van der Waals surface area contributed by atoms with E-state index in [9.17, 15) is 0 Å². The lowest BCUT2D eigenvalue weighted by molar-refractivity contribution is 0.111. The Balaban J connectivity index is 1.90. The van der Waals surface area contributed by atoms with Crippen molar-refractivity contribution in [2.45, 2.75) is 20.4 Å². The molecular weight excluding hydrogens is 196 g/mol. The number of nitrogens with one attached hydrogen (secondary N) is 1. The monoisotopic (exact) mass is 214 g/mol. The van der Waals surface area contributed by atoms with Crippen molar-refractivity contribution < 1.29 is 4.74 Å². The Morgan fingerprint density at radius 3 is 3.07 bits per heavy atom. The van der Waals surface area contributed by atoms with Crippen molar-refractivity contribution in [2.24, 2.45) is 5.92 Å². The molecule has 0 aliphatic rings. The number of hydrogen-bond donors (Lipinski definition) is 1. The molecule has 0 aliphatic carbocycles. The maximum atomic E-state index is 5.43. The Morgan fingerprint density at radius 2 is 2.43 bits per heavy atom. The van der Waals surface area contributed by atoms with E-state index in [0.29, 0.717) is 5.92 Å². The van der Waals surface area contributed by atoms with Crippen LogP contribution in [0.1, 0.15) is 18.9 Å². The summed E-state index contributed by atoms with van der Waals surface area (Å²) < 4.78 is 5.43. The predicted octanol–water partition coefficient (Wildman–Crippen LogP) is 1.91. The number of rotatable bonds is 7. The topological polar surface area (TPSA) is 34.1 Å². The van der Waals surface area contributed by atoms with E-state index in [0.717, 1.165) is 31.3 Å². The first-order chi connectivity index (χ1) is 6.79. The standard InChI is InChI=1S/C10H18N2OS/c1-9(2)8-13-5-3-11-7-10-12-4-6-14-10/h4,6,9,11H,3,5,7-8H2,1-2H3. The number of ether oxygens (including phenoxy) is 1. The third kappa shape index (κ3) is 5.32. The zero-order chi connectivity index (χ0) is 10.2. The van der Waals surface area contributed by atoms with Crippen molar-refractivity contribution in [2.75, 3.05) is 19.8 Å². The summed E-state index contributed by atoms with van der Waals surface area (Å²) in [7, 11) is 0. The smallest absolute Gasteiger partial charge is 0.106 e. The summed E-state index contributed by atoms with van der Waals surface area (Å²) in [6.45, 7) is 7.68. The molecule has 0 saturated carbocycles. The van der Waals surface area contributed by atoms with Gasteiger partial charge in [-0.3, -0.25) is 0 Å². The van der Waals surface area contributed by atoms with E-state index >= 15 is 0 Å². The molecule has 0 atom stereocenters. The van der Waals surface area contributed by atoms with Gasteiger partial charge in [-0.2, -0.15) is 0 Å². The van der Waals surface area contributed by atoms with Gasteiger partial charge in [-0.05, 0) is 5.92 Å². The van der Waals surface area contributed by atoms with E-state index < -0.39 is 0 Å². The lowest BCUT2D eigenvalue weighted by Gasteiger charge is -2.06. The fraction of sp³-hybridized carbons (Fsp3) is 0.700. The molecule has 14 heavy (non-hydrogen) atoms. The number of thiazole rings is 1. The first kappa shape index (κ1) is 11.6. The van der Waals surface area contributed by atoms with Crippen LogP contribution in [0.2, 0.25) is 0 Å². The van der Waals surface area contributed by atoms with Gasteiger partial charge in [0.2, 0.25) is 0 Å². The average Bonchev–Trinajstić information content (AvgIpc) is 2.63. The van der Waals surface area contributed by atoms with E-state index in [1.807, 2.05) is 11.6 Å². The largest absolute Gasteiger partial charge is 0.380 e. The molecule has 0 bridgehead atoms. The molecule has 0 spiro atoms. The molecule has 0 radical (unpaired) electrons. The molecule has 0 amide bonds. The number of hydrogen-bond acceptors (Lipinski definition) is 4. The molecule has 0 aliphatic heterocycles. The molecule has 3 nitrogen and oxygen atoms in total. The summed E-state index contributed by atoms with van der Waals surface area (Å²) >= 11 is 1.68. The molecule has 0 saturated heterocycles. The van der Waals surface area contributed by atoms with Crippen molar-refractivity contribution in [3.63, 3.8) is 0 Å². The van der Waals surface area contributed by atoms with Gasteiger partial charge in [0.05, 0.1) is 6.61 Å². The van der Waals surface area contributed by atoms with Crippen molar-refractivity contribution in [1.29, 1.82) is 0 Å². The van der Waals surface area contributed by atoms with Crippen LogP contribution in [0.15, 0.2) is 11.6 Å². The van der Waals surface area contributed by atoms with Gasteiger partial charge in [0.1, 0.15) is 5.01 Å². The first-order valence-corrected chi connectivity index (χ1v) is 5.84. The Labute approximate surface area is 89.5 Å². The van der Waals surface area contributed by atoms with E-state index in [1.54, 1.807) is 11.3 Å². The highest BCUT2D eigenvalue weighted by Crippen LogP contribution is 2.02. The molecule has 80 valence electrons. The van der Waals surface area contributed by atoms with Crippen molar-refractivity contribution in [1.82, 2.24) is 10.3 Å². The average molecular weight is 214 g/mol. The third-order valence-electron chi connectivity index (χ3n) is 1.63. The third-order valence-corrected chi connectivity index (χ3v) is 2.41. The summed E-state index contributed by atoms with van der Waals surface area (Å²) in [5.74, 6) is 0.619. The number of aromatic nitrogens is 1. The Kier molecular flexibility index (Phi) is 5.75. The van der Waals surface area contributed by atoms with Crippen LogP contribution >= 0.6 is 11.3 Å². The minimum absolute atomic E-state index is 0.619. The second kappa shape index (κ2) is 6.92. The maximum Gasteiger partial charge on any atom is 0.106 e. The second-order valence-corrected chi connectivity index (χ2v) is 4.55. The van der Waals surface area contributed by atoms with Gasteiger partial charge in [0, 0.05) is 31.3 Å². The molecule has 0 aromatic carbocycles. The quantitative estimate of drug-likeness (QED) is 0.704. The van der Waals surface area contributed by atoms with Crippen molar-refractivity contribution >= 4 is 11.3 Å². The van der Waals surface area contributed by atoms with Crippen molar-refractivity contribution in [3.8, 4) is 0 Å². The van der Waals surface area contributed by atoms with E-state index in [4.69, 9.17) is 4.74 Å². The summed E-state index contributed by atoms with van der Waals surface area (Å²) in [6.07, 6.45) is 1.83. The molecule has 0 fully saturated rings. The maximum absolute atomic E-state index is 5.43. The molecule has 1 rings (SSSR count). The Morgan fingerprint density at radius 1 is 1.57 bits per heavy atom. The van der Waals surface area contributed by atoms with Gasteiger partial charge >= 0.3 is 0 Å². The highest BCUT2D eigenvalue weighted by atomic mass is 32.1. The zero-order valence-electron chi connectivity index (χ0n) is 8.82. The first-order valence-electron chi connectivity index (χ1n) is 4.96. The summed E-state index contributed by atoms with van der Waals surface area (Å²) in [6, 6.07) is 0.